The van der Waals surface area contributed by atoms with Crippen molar-refractivity contribution in [3.63, 3.8) is 0 Å². The highest BCUT2D eigenvalue weighted by molar-refractivity contribution is 7.98. The minimum atomic E-state index is -0.104. The normalized spacial score (nSPS) is 9.69. The van der Waals surface area contributed by atoms with Crippen LogP contribution in [0.1, 0.15) is 10.4 Å². The number of thioether (sulfide) groups is 1. The number of benzene rings is 1. The van der Waals surface area contributed by atoms with Crippen molar-refractivity contribution in [3.05, 3.63) is 29.8 Å². The zero-order valence-corrected chi connectivity index (χ0v) is 8.44. The molecule has 0 aliphatic carbocycles. The summed E-state index contributed by atoms with van der Waals surface area (Å²) >= 11 is 1.56. The number of rotatable bonds is 3. The van der Waals surface area contributed by atoms with E-state index >= 15 is 0 Å². The highest BCUT2D eigenvalue weighted by Crippen LogP contribution is 2.19. The smallest absolute Gasteiger partial charge is 0.266 e. The van der Waals surface area contributed by atoms with Crippen molar-refractivity contribution >= 4 is 17.7 Å². The molecule has 4 heteroatoms. The first-order valence-electron chi connectivity index (χ1n) is 3.89. The van der Waals surface area contributed by atoms with E-state index in [1.165, 1.54) is 0 Å². The Morgan fingerprint density at radius 2 is 2.08 bits per heavy atom. The Kier molecular flexibility index (Phi) is 3.79. The molecule has 0 aliphatic rings. The van der Waals surface area contributed by atoms with Crippen molar-refractivity contribution in [3.8, 4) is 0 Å². The molecule has 0 radical (unpaired) electrons. The molecule has 70 valence electrons. The van der Waals surface area contributed by atoms with Crippen LogP contribution in [0.25, 0.3) is 0 Å². The van der Waals surface area contributed by atoms with Gasteiger partial charge in [-0.3, -0.25) is 10.2 Å². The van der Waals surface area contributed by atoms with Crippen molar-refractivity contribution in [2.24, 2.45) is 0 Å². The SMILES string of the molecule is CNNC(=O)c1ccccc1SC. The fraction of sp³-hybridized carbons (Fsp3) is 0.222. The molecule has 1 rings (SSSR count). The van der Waals surface area contributed by atoms with Gasteiger partial charge in [-0.2, -0.15) is 0 Å². The number of hydrogen-bond acceptors (Lipinski definition) is 3. The number of hydrazine groups is 1. The molecule has 1 aromatic carbocycles. The van der Waals surface area contributed by atoms with E-state index in [9.17, 15) is 4.79 Å². The van der Waals surface area contributed by atoms with E-state index < -0.39 is 0 Å². The lowest BCUT2D eigenvalue weighted by atomic mass is 10.2. The summed E-state index contributed by atoms with van der Waals surface area (Å²) in [5, 5.41) is 0. The number of amides is 1. The molecule has 0 aromatic heterocycles. The number of nitrogens with one attached hydrogen (secondary N) is 2. The second-order valence-corrected chi connectivity index (χ2v) is 3.25. The summed E-state index contributed by atoms with van der Waals surface area (Å²) in [5.41, 5.74) is 5.84. The zero-order valence-electron chi connectivity index (χ0n) is 7.63. The Morgan fingerprint density at radius 1 is 1.38 bits per heavy atom. The Labute approximate surface area is 81.9 Å². The van der Waals surface area contributed by atoms with Crippen molar-refractivity contribution in [1.29, 1.82) is 0 Å². The van der Waals surface area contributed by atoms with Crippen LogP contribution in [0.15, 0.2) is 29.2 Å². The minimum absolute atomic E-state index is 0.104. The molecule has 1 amide bonds. The molecule has 13 heavy (non-hydrogen) atoms. The lowest BCUT2D eigenvalue weighted by Gasteiger charge is -2.06. The lowest BCUT2D eigenvalue weighted by Crippen LogP contribution is -2.34. The number of carbonyl (C=O) groups excluding carboxylic acids is 1. The maximum absolute atomic E-state index is 11.4. The van der Waals surface area contributed by atoms with Crippen molar-refractivity contribution in [2.75, 3.05) is 13.3 Å². The summed E-state index contributed by atoms with van der Waals surface area (Å²) < 4.78 is 0. The van der Waals surface area contributed by atoms with Gasteiger partial charge in [-0.25, -0.2) is 5.43 Å². The fourth-order valence-corrected chi connectivity index (χ4v) is 1.61. The topological polar surface area (TPSA) is 41.1 Å². The molecule has 0 spiro atoms. The summed E-state index contributed by atoms with van der Waals surface area (Å²) in [6, 6.07) is 7.50. The highest BCUT2D eigenvalue weighted by Gasteiger charge is 2.07. The van der Waals surface area contributed by atoms with Gasteiger partial charge in [0.15, 0.2) is 0 Å². The van der Waals surface area contributed by atoms with Crippen LogP contribution < -0.4 is 10.9 Å². The van der Waals surface area contributed by atoms with E-state index in [0.717, 1.165) is 4.90 Å². The van der Waals surface area contributed by atoms with Gasteiger partial charge in [0.25, 0.3) is 5.91 Å². The molecule has 0 unspecified atom stereocenters. The predicted octanol–water partition coefficient (Wildman–Crippen LogP) is 1.27. The number of hydrogen-bond donors (Lipinski definition) is 2. The van der Waals surface area contributed by atoms with Gasteiger partial charge in [-0.1, -0.05) is 12.1 Å². The summed E-state index contributed by atoms with van der Waals surface area (Å²) in [4.78, 5) is 12.4. The highest BCUT2D eigenvalue weighted by atomic mass is 32.2. The van der Waals surface area contributed by atoms with Gasteiger partial charge < -0.3 is 0 Å². The summed E-state index contributed by atoms with van der Waals surface area (Å²) in [5.74, 6) is -0.104. The zero-order chi connectivity index (χ0) is 9.68. The van der Waals surface area contributed by atoms with Crippen LogP contribution in [0.3, 0.4) is 0 Å². The van der Waals surface area contributed by atoms with Crippen molar-refractivity contribution in [1.82, 2.24) is 10.9 Å². The average Bonchev–Trinajstić information content (AvgIpc) is 2.18. The third kappa shape index (κ3) is 2.47. The Balaban J connectivity index is 2.92. The molecule has 2 N–H and O–H groups in total. The number of carbonyl (C=O) groups is 1. The van der Waals surface area contributed by atoms with E-state index in [2.05, 4.69) is 10.9 Å². The van der Waals surface area contributed by atoms with E-state index in [1.807, 2.05) is 24.5 Å². The largest absolute Gasteiger partial charge is 0.288 e. The van der Waals surface area contributed by atoms with Gasteiger partial charge in [0.05, 0.1) is 5.56 Å². The van der Waals surface area contributed by atoms with Gasteiger partial charge in [0.2, 0.25) is 0 Å². The van der Waals surface area contributed by atoms with Crippen LogP contribution in [-0.4, -0.2) is 19.2 Å². The molecule has 0 saturated heterocycles. The van der Waals surface area contributed by atoms with Crippen molar-refractivity contribution in [2.45, 2.75) is 4.90 Å². The fourth-order valence-electron chi connectivity index (χ4n) is 1.01. The summed E-state index contributed by atoms with van der Waals surface area (Å²) in [6.45, 7) is 0. The first-order valence-corrected chi connectivity index (χ1v) is 5.12. The second kappa shape index (κ2) is 4.89. The molecule has 3 nitrogen and oxygen atoms in total. The van der Waals surface area contributed by atoms with Gasteiger partial charge in [0, 0.05) is 11.9 Å². The predicted molar refractivity (Wildman–Crippen MR) is 54.7 cm³/mol. The standard InChI is InChI=1S/C9H12N2OS/c1-10-11-9(12)7-5-3-4-6-8(7)13-2/h3-6,10H,1-2H3,(H,11,12). The van der Waals surface area contributed by atoms with Gasteiger partial charge >= 0.3 is 0 Å². The van der Waals surface area contributed by atoms with E-state index in [-0.39, 0.29) is 5.91 Å². The van der Waals surface area contributed by atoms with Crippen LogP contribution in [0.4, 0.5) is 0 Å². The van der Waals surface area contributed by atoms with Crippen LogP contribution in [0.5, 0.6) is 0 Å². The first-order chi connectivity index (χ1) is 6.29. The van der Waals surface area contributed by atoms with Crippen LogP contribution in [0, 0.1) is 0 Å². The lowest BCUT2D eigenvalue weighted by molar-refractivity contribution is 0.0935. The molecule has 0 bridgehead atoms. The third-order valence-electron chi connectivity index (χ3n) is 1.59. The van der Waals surface area contributed by atoms with Crippen LogP contribution >= 0.6 is 11.8 Å². The third-order valence-corrected chi connectivity index (χ3v) is 2.39. The Hall–Kier alpha value is -1.00. The maximum Gasteiger partial charge on any atom is 0.266 e. The van der Waals surface area contributed by atoms with E-state index in [4.69, 9.17) is 0 Å². The molecule has 0 aliphatic heterocycles. The first kappa shape index (κ1) is 10.1. The molecule has 0 heterocycles. The summed E-state index contributed by atoms with van der Waals surface area (Å²) in [7, 11) is 1.67. The average molecular weight is 196 g/mol. The minimum Gasteiger partial charge on any atom is -0.288 e. The second-order valence-electron chi connectivity index (χ2n) is 2.40. The maximum atomic E-state index is 11.4. The molecule has 1 aromatic rings. The molecule has 0 atom stereocenters. The molecule has 0 saturated carbocycles. The summed E-state index contributed by atoms with van der Waals surface area (Å²) in [6.07, 6.45) is 1.95. The van der Waals surface area contributed by atoms with Crippen LogP contribution in [-0.2, 0) is 0 Å². The quantitative estimate of drug-likeness (QED) is 0.565. The van der Waals surface area contributed by atoms with Crippen molar-refractivity contribution < 1.29 is 4.79 Å². The molecular weight excluding hydrogens is 184 g/mol. The molecular formula is C9H12N2OS. The van der Waals surface area contributed by atoms with E-state index in [1.54, 1.807) is 24.9 Å². The Bertz CT molecular complexity index is 301. The van der Waals surface area contributed by atoms with Gasteiger partial charge in [-0.05, 0) is 18.4 Å². The van der Waals surface area contributed by atoms with Crippen LogP contribution in [0.2, 0.25) is 0 Å². The monoisotopic (exact) mass is 196 g/mol. The van der Waals surface area contributed by atoms with E-state index in [0.29, 0.717) is 5.56 Å². The van der Waals surface area contributed by atoms with Gasteiger partial charge in [-0.15, -0.1) is 11.8 Å². The molecule has 0 fully saturated rings. The Morgan fingerprint density at radius 3 is 2.69 bits per heavy atom. The van der Waals surface area contributed by atoms with Gasteiger partial charge in [0.1, 0.15) is 0 Å².